The Morgan fingerprint density at radius 1 is 1.50 bits per heavy atom. The van der Waals surface area contributed by atoms with Crippen molar-refractivity contribution in [3.8, 4) is 5.75 Å². The highest BCUT2D eigenvalue weighted by Crippen LogP contribution is 2.38. The van der Waals surface area contributed by atoms with Crippen molar-refractivity contribution >= 4 is 23.2 Å². The number of carbonyl (C=O) groups excluding carboxylic acids is 1. The second-order valence-corrected chi connectivity index (χ2v) is 3.65. The predicted molar refractivity (Wildman–Crippen MR) is 55.0 cm³/mol. The van der Waals surface area contributed by atoms with Crippen LogP contribution >= 0.6 is 11.6 Å². The third-order valence-electron chi connectivity index (χ3n) is 2.28. The molecule has 1 aliphatic heterocycles. The Labute approximate surface area is 87.2 Å². The van der Waals surface area contributed by atoms with Gasteiger partial charge in [-0.3, -0.25) is 4.79 Å². The molecule has 1 aliphatic rings. The molecule has 1 heterocycles. The Morgan fingerprint density at radius 3 is 2.93 bits per heavy atom. The quantitative estimate of drug-likeness (QED) is 0.658. The predicted octanol–water partition coefficient (Wildman–Crippen LogP) is 2.08. The molecule has 0 bridgehead atoms. The summed E-state index contributed by atoms with van der Waals surface area (Å²) in [6.07, 6.45) is -0.465. The number of rotatable bonds is 0. The lowest BCUT2D eigenvalue weighted by atomic mass is 10.2. The maximum Gasteiger partial charge on any atom is 0.267 e. The zero-order chi connectivity index (χ0) is 10.3. The summed E-state index contributed by atoms with van der Waals surface area (Å²) in [5, 5.41) is 0.536. The number of likely N-dealkylation sites (N-methyl/N-ethyl adjacent to an activating group) is 1. The van der Waals surface area contributed by atoms with E-state index in [2.05, 4.69) is 0 Å². The zero-order valence-corrected chi connectivity index (χ0v) is 8.71. The van der Waals surface area contributed by atoms with Gasteiger partial charge in [0.1, 0.15) is 0 Å². The molecule has 0 saturated carbocycles. The van der Waals surface area contributed by atoms with E-state index in [0.717, 1.165) is 5.69 Å². The first-order valence-corrected chi connectivity index (χ1v) is 4.72. The fraction of sp³-hybridized carbons (Fsp3) is 0.300. The van der Waals surface area contributed by atoms with Gasteiger partial charge >= 0.3 is 0 Å². The van der Waals surface area contributed by atoms with Crippen molar-refractivity contribution in [1.29, 1.82) is 0 Å². The molecule has 0 fully saturated rings. The van der Waals surface area contributed by atoms with Gasteiger partial charge in [-0.05, 0) is 19.1 Å². The molecule has 1 amide bonds. The van der Waals surface area contributed by atoms with E-state index in [0.29, 0.717) is 10.8 Å². The summed E-state index contributed by atoms with van der Waals surface area (Å²) in [4.78, 5) is 13.1. The van der Waals surface area contributed by atoms with E-state index in [-0.39, 0.29) is 5.91 Å². The van der Waals surface area contributed by atoms with Crippen LogP contribution in [0.15, 0.2) is 18.2 Å². The Bertz CT molecular complexity index is 392. The molecule has 3 nitrogen and oxygen atoms in total. The minimum absolute atomic E-state index is 0.0558. The van der Waals surface area contributed by atoms with E-state index in [9.17, 15) is 4.79 Å². The van der Waals surface area contributed by atoms with Crippen LogP contribution in [0.5, 0.6) is 5.75 Å². The molecule has 0 radical (unpaired) electrons. The van der Waals surface area contributed by atoms with Gasteiger partial charge in [-0.2, -0.15) is 0 Å². The van der Waals surface area contributed by atoms with E-state index in [1.165, 1.54) is 0 Å². The Morgan fingerprint density at radius 2 is 2.21 bits per heavy atom. The molecule has 1 unspecified atom stereocenters. The smallest absolute Gasteiger partial charge is 0.267 e. The zero-order valence-electron chi connectivity index (χ0n) is 7.95. The fourth-order valence-corrected chi connectivity index (χ4v) is 1.71. The van der Waals surface area contributed by atoms with Crippen molar-refractivity contribution in [2.45, 2.75) is 13.0 Å². The molecule has 0 aliphatic carbocycles. The van der Waals surface area contributed by atoms with Crippen LogP contribution < -0.4 is 9.64 Å². The molecule has 74 valence electrons. The van der Waals surface area contributed by atoms with Crippen LogP contribution in [0, 0.1) is 0 Å². The maximum absolute atomic E-state index is 11.6. The van der Waals surface area contributed by atoms with Gasteiger partial charge in [0.15, 0.2) is 11.9 Å². The lowest BCUT2D eigenvalue weighted by Crippen LogP contribution is -2.42. The van der Waals surface area contributed by atoms with Crippen molar-refractivity contribution in [1.82, 2.24) is 0 Å². The maximum atomic E-state index is 11.6. The minimum Gasteiger partial charge on any atom is -0.477 e. The van der Waals surface area contributed by atoms with Gasteiger partial charge in [-0.1, -0.05) is 17.7 Å². The molecule has 1 aromatic rings. The normalized spacial score (nSPS) is 20.4. The van der Waals surface area contributed by atoms with Crippen LogP contribution in [-0.4, -0.2) is 19.1 Å². The summed E-state index contributed by atoms with van der Waals surface area (Å²) in [5.74, 6) is 0.531. The number of carbonyl (C=O) groups is 1. The van der Waals surface area contributed by atoms with Crippen molar-refractivity contribution < 1.29 is 9.53 Å². The number of halogens is 1. The van der Waals surface area contributed by atoms with Crippen LogP contribution in [0.25, 0.3) is 0 Å². The average molecular weight is 212 g/mol. The van der Waals surface area contributed by atoms with Crippen molar-refractivity contribution in [3.05, 3.63) is 23.2 Å². The molecule has 2 rings (SSSR count). The molecular formula is C10H10ClNO2. The molecule has 0 saturated heterocycles. The summed E-state index contributed by atoms with van der Waals surface area (Å²) in [5.41, 5.74) is 0.723. The van der Waals surface area contributed by atoms with Gasteiger partial charge in [0, 0.05) is 7.05 Å². The van der Waals surface area contributed by atoms with Gasteiger partial charge in [0.25, 0.3) is 5.91 Å². The van der Waals surface area contributed by atoms with Crippen molar-refractivity contribution in [2.75, 3.05) is 11.9 Å². The second-order valence-electron chi connectivity index (χ2n) is 3.25. The topological polar surface area (TPSA) is 29.5 Å². The number of anilines is 1. The number of fused-ring (bicyclic) bond motifs is 1. The highest BCUT2D eigenvalue weighted by molar-refractivity contribution is 6.32. The van der Waals surface area contributed by atoms with Crippen LogP contribution in [-0.2, 0) is 4.79 Å². The van der Waals surface area contributed by atoms with Crippen LogP contribution in [0.4, 0.5) is 5.69 Å². The highest BCUT2D eigenvalue weighted by atomic mass is 35.5. The lowest BCUT2D eigenvalue weighted by molar-refractivity contribution is -0.125. The minimum atomic E-state index is -0.465. The molecule has 14 heavy (non-hydrogen) atoms. The monoisotopic (exact) mass is 211 g/mol. The highest BCUT2D eigenvalue weighted by Gasteiger charge is 2.29. The van der Waals surface area contributed by atoms with Crippen LogP contribution in [0.3, 0.4) is 0 Å². The second kappa shape index (κ2) is 3.17. The van der Waals surface area contributed by atoms with Gasteiger partial charge < -0.3 is 9.64 Å². The fourth-order valence-electron chi connectivity index (χ4n) is 1.50. The summed E-state index contributed by atoms with van der Waals surface area (Å²) in [6, 6.07) is 5.35. The lowest BCUT2D eigenvalue weighted by Gasteiger charge is -2.30. The molecule has 1 aromatic carbocycles. The molecule has 1 atom stereocenters. The summed E-state index contributed by atoms with van der Waals surface area (Å²) in [7, 11) is 1.72. The molecule has 4 heteroatoms. The van der Waals surface area contributed by atoms with Crippen molar-refractivity contribution in [3.63, 3.8) is 0 Å². The van der Waals surface area contributed by atoms with Gasteiger partial charge in [0.05, 0.1) is 10.7 Å². The largest absolute Gasteiger partial charge is 0.477 e. The van der Waals surface area contributed by atoms with Gasteiger partial charge in [0.2, 0.25) is 0 Å². The van der Waals surface area contributed by atoms with Crippen LogP contribution in [0.1, 0.15) is 6.92 Å². The molecule has 0 spiro atoms. The summed E-state index contributed by atoms with van der Waals surface area (Å²) >= 11 is 5.96. The standard InChI is InChI=1S/C10H10ClNO2/c1-6-10(13)12(2)8-5-3-4-7(11)9(8)14-6/h3-6H,1-2H3. The number of hydrogen-bond donors (Lipinski definition) is 0. The number of nitrogens with zero attached hydrogens (tertiary/aromatic N) is 1. The number of hydrogen-bond acceptors (Lipinski definition) is 2. The summed E-state index contributed by atoms with van der Waals surface area (Å²) < 4.78 is 5.42. The number of para-hydroxylation sites is 1. The van der Waals surface area contributed by atoms with E-state index < -0.39 is 6.10 Å². The Balaban J connectivity index is 2.56. The van der Waals surface area contributed by atoms with E-state index in [1.807, 2.05) is 6.07 Å². The van der Waals surface area contributed by atoms with Crippen LogP contribution in [0.2, 0.25) is 5.02 Å². The Hall–Kier alpha value is -1.22. The van der Waals surface area contributed by atoms with Crippen molar-refractivity contribution in [2.24, 2.45) is 0 Å². The molecule has 0 N–H and O–H groups in total. The van der Waals surface area contributed by atoms with E-state index >= 15 is 0 Å². The van der Waals surface area contributed by atoms with Gasteiger partial charge in [-0.15, -0.1) is 0 Å². The first-order valence-electron chi connectivity index (χ1n) is 4.34. The number of benzene rings is 1. The van der Waals surface area contributed by atoms with Gasteiger partial charge in [-0.25, -0.2) is 0 Å². The van der Waals surface area contributed by atoms with E-state index in [1.54, 1.807) is 31.0 Å². The first-order chi connectivity index (χ1) is 6.61. The third-order valence-corrected chi connectivity index (χ3v) is 2.58. The number of ether oxygens (including phenoxy) is 1. The first kappa shape index (κ1) is 9.34. The third kappa shape index (κ3) is 1.24. The molecule has 0 aromatic heterocycles. The SMILES string of the molecule is CC1Oc2c(Cl)cccc2N(C)C1=O. The molecular weight excluding hydrogens is 202 g/mol. The van der Waals surface area contributed by atoms with E-state index in [4.69, 9.17) is 16.3 Å². The summed E-state index contributed by atoms with van der Waals surface area (Å²) in [6.45, 7) is 1.71. The number of amides is 1. The average Bonchev–Trinajstić information content (AvgIpc) is 2.17. The Kier molecular flexibility index (Phi) is 2.11.